The van der Waals surface area contributed by atoms with Gasteiger partial charge in [-0.25, -0.2) is 4.98 Å². The van der Waals surface area contributed by atoms with Crippen molar-refractivity contribution in [1.29, 1.82) is 0 Å². The van der Waals surface area contributed by atoms with Crippen LogP contribution in [0.3, 0.4) is 0 Å². The summed E-state index contributed by atoms with van der Waals surface area (Å²) in [5.41, 5.74) is 0. The Hall–Kier alpha value is -1.36. The van der Waals surface area contributed by atoms with E-state index in [-0.39, 0.29) is 11.9 Å². The summed E-state index contributed by atoms with van der Waals surface area (Å²) < 4.78 is 1.97. The summed E-state index contributed by atoms with van der Waals surface area (Å²) in [6.07, 6.45) is 5.54. The van der Waals surface area contributed by atoms with Crippen molar-refractivity contribution in [3.63, 3.8) is 0 Å². The summed E-state index contributed by atoms with van der Waals surface area (Å²) in [7, 11) is 1.96. The first-order chi connectivity index (χ1) is 8.18. The number of hydrogen-bond donors (Lipinski definition) is 2. The van der Waals surface area contributed by atoms with Gasteiger partial charge in [0.05, 0.1) is 6.04 Å². The number of nitrogens with zero attached hydrogens (tertiary/aromatic N) is 2. The number of carbonyl (C=O) groups excluding carboxylic acids is 1. The molecule has 1 amide bonds. The molecule has 0 aromatic carbocycles. The molecule has 2 heterocycles. The van der Waals surface area contributed by atoms with Crippen molar-refractivity contribution in [3.05, 3.63) is 18.2 Å². The fourth-order valence-electron chi connectivity index (χ4n) is 2.23. The molecule has 1 aliphatic rings. The lowest BCUT2D eigenvalue weighted by atomic mass is 10.0. The lowest BCUT2D eigenvalue weighted by molar-refractivity contribution is -0.123. The minimum atomic E-state index is -0.0172. The van der Waals surface area contributed by atoms with Gasteiger partial charge in [0.1, 0.15) is 5.82 Å². The fraction of sp³-hybridized carbons (Fsp3) is 0.667. The smallest absolute Gasteiger partial charge is 0.237 e. The molecule has 2 rings (SSSR count). The van der Waals surface area contributed by atoms with Gasteiger partial charge in [0.25, 0.3) is 0 Å². The van der Waals surface area contributed by atoms with Crippen molar-refractivity contribution >= 4 is 5.91 Å². The molecule has 0 radical (unpaired) electrons. The Kier molecular flexibility index (Phi) is 3.78. The van der Waals surface area contributed by atoms with E-state index in [9.17, 15) is 4.79 Å². The minimum absolute atomic E-state index is 0.0172. The number of aryl methyl sites for hydroxylation is 1. The third-order valence-corrected chi connectivity index (χ3v) is 3.38. The number of amides is 1. The first-order valence-corrected chi connectivity index (χ1v) is 6.16. The number of imidazole rings is 1. The van der Waals surface area contributed by atoms with Crippen molar-refractivity contribution < 1.29 is 4.79 Å². The molecule has 5 heteroatoms. The van der Waals surface area contributed by atoms with Crippen LogP contribution in [0.2, 0.25) is 0 Å². The molecule has 5 nitrogen and oxygen atoms in total. The second-order valence-electron chi connectivity index (χ2n) is 4.69. The first-order valence-electron chi connectivity index (χ1n) is 6.16. The molecule has 1 fully saturated rings. The number of aromatic nitrogens is 2. The van der Waals surface area contributed by atoms with Crippen molar-refractivity contribution in [1.82, 2.24) is 20.2 Å². The summed E-state index contributed by atoms with van der Waals surface area (Å²) in [5, 5.41) is 6.19. The van der Waals surface area contributed by atoms with Crippen molar-refractivity contribution in [2.45, 2.75) is 25.8 Å². The van der Waals surface area contributed by atoms with Crippen LogP contribution >= 0.6 is 0 Å². The molecular formula is C12H20N4O. The van der Waals surface area contributed by atoms with Crippen LogP contribution in [0.5, 0.6) is 0 Å². The van der Waals surface area contributed by atoms with Gasteiger partial charge < -0.3 is 15.2 Å². The summed E-state index contributed by atoms with van der Waals surface area (Å²) in [5.74, 6) is 1.55. The van der Waals surface area contributed by atoms with Crippen LogP contribution in [0.1, 0.15) is 19.2 Å². The monoisotopic (exact) mass is 236 g/mol. The second-order valence-corrected chi connectivity index (χ2v) is 4.69. The van der Waals surface area contributed by atoms with Gasteiger partial charge in [0.2, 0.25) is 5.91 Å². The Bertz CT molecular complexity index is 388. The van der Waals surface area contributed by atoms with Gasteiger partial charge in [0, 0.05) is 32.4 Å². The normalized spacial score (nSPS) is 23.9. The zero-order valence-corrected chi connectivity index (χ0v) is 10.4. The van der Waals surface area contributed by atoms with Crippen LogP contribution in [0.4, 0.5) is 0 Å². The molecular weight excluding hydrogens is 216 g/mol. The molecule has 2 unspecified atom stereocenters. The maximum atomic E-state index is 11.9. The molecule has 0 aliphatic carbocycles. The number of carbonyl (C=O) groups is 1. The minimum Gasteiger partial charge on any atom is -0.354 e. The van der Waals surface area contributed by atoms with E-state index in [4.69, 9.17) is 0 Å². The van der Waals surface area contributed by atoms with Crippen LogP contribution in [0, 0.1) is 5.92 Å². The highest BCUT2D eigenvalue weighted by Gasteiger charge is 2.28. The maximum Gasteiger partial charge on any atom is 0.237 e. The molecule has 1 aliphatic heterocycles. The van der Waals surface area contributed by atoms with Crippen LogP contribution in [0.15, 0.2) is 12.4 Å². The van der Waals surface area contributed by atoms with Gasteiger partial charge in [-0.1, -0.05) is 6.92 Å². The van der Waals surface area contributed by atoms with Crippen molar-refractivity contribution in [2.75, 3.05) is 13.1 Å². The second kappa shape index (κ2) is 5.31. The van der Waals surface area contributed by atoms with E-state index in [1.54, 1.807) is 6.20 Å². The Morgan fingerprint density at radius 3 is 3.12 bits per heavy atom. The van der Waals surface area contributed by atoms with E-state index in [2.05, 4.69) is 22.5 Å². The van der Waals surface area contributed by atoms with Crippen LogP contribution in [-0.4, -0.2) is 34.6 Å². The van der Waals surface area contributed by atoms with Crippen LogP contribution in [0.25, 0.3) is 0 Å². The molecule has 2 N–H and O–H groups in total. The third kappa shape index (κ3) is 2.85. The molecule has 1 saturated heterocycles. The maximum absolute atomic E-state index is 11.9. The Morgan fingerprint density at radius 2 is 2.53 bits per heavy atom. The Morgan fingerprint density at radius 1 is 1.71 bits per heavy atom. The van der Waals surface area contributed by atoms with Crippen molar-refractivity contribution in [3.8, 4) is 0 Å². The van der Waals surface area contributed by atoms with Gasteiger partial charge in [-0.2, -0.15) is 0 Å². The largest absolute Gasteiger partial charge is 0.354 e. The lowest BCUT2D eigenvalue weighted by Gasteiger charge is -2.15. The summed E-state index contributed by atoms with van der Waals surface area (Å²) in [6, 6.07) is -0.0172. The highest BCUT2D eigenvalue weighted by atomic mass is 16.2. The summed E-state index contributed by atoms with van der Waals surface area (Å²) in [6.45, 7) is 3.70. The number of nitrogens with one attached hydrogen (secondary N) is 2. The molecule has 17 heavy (non-hydrogen) atoms. The molecule has 1 aromatic heterocycles. The van der Waals surface area contributed by atoms with Gasteiger partial charge in [-0.15, -0.1) is 0 Å². The standard InChI is InChI=1S/C12H20N4O/c1-9-3-5-14-11(9)12(17)15-6-4-10-13-7-8-16(10)2/h7-9,11,14H,3-6H2,1-2H3,(H,15,17). The zero-order valence-electron chi connectivity index (χ0n) is 10.4. The molecule has 0 saturated carbocycles. The average molecular weight is 236 g/mol. The average Bonchev–Trinajstić information content (AvgIpc) is 2.88. The fourth-order valence-corrected chi connectivity index (χ4v) is 2.23. The first kappa shape index (κ1) is 12.1. The SMILES string of the molecule is CC1CCNC1C(=O)NCCc1nccn1C. The van der Waals surface area contributed by atoms with E-state index in [1.165, 1.54) is 0 Å². The zero-order chi connectivity index (χ0) is 12.3. The van der Waals surface area contributed by atoms with Gasteiger partial charge in [-0.05, 0) is 18.9 Å². The van der Waals surface area contributed by atoms with Gasteiger partial charge in [-0.3, -0.25) is 4.79 Å². The topological polar surface area (TPSA) is 59.0 Å². The Labute approximate surface area is 102 Å². The highest BCUT2D eigenvalue weighted by molar-refractivity contribution is 5.82. The molecule has 94 valence electrons. The third-order valence-electron chi connectivity index (χ3n) is 3.38. The summed E-state index contributed by atoms with van der Waals surface area (Å²) >= 11 is 0. The molecule has 1 aromatic rings. The predicted molar refractivity (Wildman–Crippen MR) is 65.5 cm³/mol. The van der Waals surface area contributed by atoms with E-state index in [1.807, 2.05) is 17.8 Å². The van der Waals surface area contributed by atoms with Gasteiger partial charge in [0.15, 0.2) is 0 Å². The van der Waals surface area contributed by atoms with Crippen molar-refractivity contribution in [2.24, 2.45) is 13.0 Å². The van der Waals surface area contributed by atoms with E-state index >= 15 is 0 Å². The van der Waals surface area contributed by atoms with Crippen LogP contribution < -0.4 is 10.6 Å². The van der Waals surface area contributed by atoms with Crippen LogP contribution in [-0.2, 0) is 18.3 Å². The quantitative estimate of drug-likeness (QED) is 0.778. The predicted octanol–water partition coefficient (Wildman–Crippen LogP) is 0.0768. The summed E-state index contributed by atoms with van der Waals surface area (Å²) in [4.78, 5) is 16.1. The van der Waals surface area contributed by atoms with Gasteiger partial charge >= 0.3 is 0 Å². The number of rotatable bonds is 4. The van der Waals surface area contributed by atoms with E-state index < -0.39 is 0 Å². The molecule has 0 spiro atoms. The lowest BCUT2D eigenvalue weighted by Crippen LogP contribution is -2.43. The number of hydrogen-bond acceptors (Lipinski definition) is 3. The van der Waals surface area contributed by atoms with E-state index in [0.717, 1.165) is 25.2 Å². The highest BCUT2D eigenvalue weighted by Crippen LogP contribution is 2.13. The Balaban J connectivity index is 1.75. The van der Waals surface area contributed by atoms with E-state index in [0.29, 0.717) is 12.5 Å². The molecule has 2 atom stereocenters. The molecule has 0 bridgehead atoms.